The second-order valence-electron chi connectivity index (χ2n) is 3.81. The van der Waals surface area contributed by atoms with Gasteiger partial charge in [-0.1, -0.05) is 23.2 Å². The number of nitrogens with zero attached hydrogens (tertiary/aromatic N) is 3. The van der Waals surface area contributed by atoms with Gasteiger partial charge in [-0.05, 0) is 12.1 Å². The predicted molar refractivity (Wildman–Crippen MR) is 74.1 cm³/mol. The van der Waals surface area contributed by atoms with Crippen molar-refractivity contribution in [3.63, 3.8) is 0 Å². The van der Waals surface area contributed by atoms with E-state index in [2.05, 4.69) is 15.4 Å². The fourth-order valence-corrected chi connectivity index (χ4v) is 2.05. The highest BCUT2D eigenvalue weighted by molar-refractivity contribution is 6.37. The summed E-state index contributed by atoms with van der Waals surface area (Å²) in [5.74, 6) is -0.216. The van der Waals surface area contributed by atoms with Crippen LogP contribution < -0.4 is 11.1 Å². The maximum Gasteiger partial charge on any atom is 0.226 e. The molecule has 2 rings (SSSR count). The number of aromatic nitrogens is 3. The molecule has 0 fully saturated rings. The maximum absolute atomic E-state index is 11.8. The Hall–Kier alpha value is -1.79. The third kappa shape index (κ3) is 3.59. The zero-order valence-electron chi connectivity index (χ0n) is 9.81. The van der Waals surface area contributed by atoms with Crippen LogP contribution in [0.1, 0.15) is 6.42 Å². The molecule has 0 atom stereocenters. The first-order valence-corrected chi connectivity index (χ1v) is 6.18. The van der Waals surface area contributed by atoms with Crippen LogP contribution in [0.25, 0.3) is 0 Å². The van der Waals surface area contributed by atoms with Gasteiger partial charge in [0.15, 0.2) is 0 Å². The van der Waals surface area contributed by atoms with Gasteiger partial charge in [-0.2, -0.15) is 5.10 Å². The zero-order chi connectivity index (χ0) is 13.8. The number of carbonyl (C=O) groups excluding carboxylic acids is 1. The third-order valence-corrected chi connectivity index (χ3v) is 2.90. The molecular weight excluding hydrogens is 289 g/mol. The molecule has 0 radical (unpaired) electrons. The largest absolute Gasteiger partial charge is 0.397 e. The van der Waals surface area contributed by atoms with E-state index in [1.807, 2.05) is 0 Å². The van der Waals surface area contributed by atoms with Crippen molar-refractivity contribution in [3.05, 3.63) is 34.8 Å². The SMILES string of the molecule is Nc1cc(Cl)cc(Cl)c1NC(=O)CCn1cncn1. The normalized spacial score (nSPS) is 10.4. The average molecular weight is 300 g/mol. The molecule has 0 saturated carbocycles. The summed E-state index contributed by atoms with van der Waals surface area (Å²) in [7, 11) is 0. The molecule has 0 bridgehead atoms. The van der Waals surface area contributed by atoms with Gasteiger partial charge in [0, 0.05) is 11.4 Å². The lowest BCUT2D eigenvalue weighted by Gasteiger charge is -2.10. The van der Waals surface area contributed by atoms with E-state index in [1.54, 1.807) is 4.68 Å². The Morgan fingerprint density at radius 1 is 1.42 bits per heavy atom. The number of nitrogens with two attached hydrogens (primary N) is 1. The molecule has 1 aromatic heterocycles. The summed E-state index contributed by atoms with van der Waals surface area (Å²) in [5, 5.41) is 7.28. The lowest BCUT2D eigenvalue weighted by molar-refractivity contribution is -0.116. The summed E-state index contributed by atoms with van der Waals surface area (Å²) in [4.78, 5) is 15.6. The summed E-state index contributed by atoms with van der Waals surface area (Å²) in [6.07, 6.45) is 3.19. The topological polar surface area (TPSA) is 85.8 Å². The van der Waals surface area contributed by atoms with E-state index in [9.17, 15) is 4.79 Å². The number of anilines is 2. The highest BCUT2D eigenvalue weighted by Crippen LogP contribution is 2.32. The number of carbonyl (C=O) groups is 1. The van der Waals surface area contributed by atoms with Gasteiger partial charge in [0.25, 0.3) is 0 Å². The van der Waals surface area contributed by atoms with Crippen molar-refractivity contribution < 1.29 is 4.79 Å². The number of nitrogen functional groups attached to an aromatic ring is 1. The van der Waals surface area contributed by atoms with Gasteiger partial charge in [0.1, 0.15) is 12.7 Å². The van der Waals surface area contributed by atoms with Gasteiger partial charge in [-0.3, -0.25) is 9.48 Å². The first kappa shape index (κ1) is 13.6. The van der Waals surface area contributed by atoms with Gasteiger partial charge < -0.3 is 11.1 Å². The average Bonchev–Trinajstić information content (AvgIpc) is 2.84. The van der Waals surface area contributed by atoms with Crippen LogP contribution in [0.4, 0.5) is 11.4 Å². The molecule has 100 valence electrons. The Balaban J connectivity index is 1.99. The molecule has 3 N–H and O–H groups in total. The van der Waals surface area contributed by atoms with Crippen LogP contribution in [0.3, 0.4) is 0 Å². The molecule has 0 saturated heterocycles. The van der Waals surface area contributed by atoms with Gasteiger partial charge in [0.05, 0.1) is 22.9 Å². The predicted octanol–water partition coefficient (Wildman–Crippen LogP) is 2.20. The van der Waals surface area contributed by atoms with E-state index in [4.69, 9.17) is 28.9 Å². The number of hydrogen-bond donors (Lipinski definition) is 2. The number of benzene rings is 1. The van der Waals surface area contributed by atoms with E-state index < -0.39 is 0 Å². The van der Waals surface area contributed by atoms with E-state index in [-0.39, 0.29) is 12.3 Å². The first-order valence-electron chi connectivity index (χ1n) is 5.43. The van der Waals surface area contributed by atoms with E-state index in [0.29, 0.717) is 28.0 Å². The second kappa shape index (κ2) is 5.90. The Morgan fingerprint density at radius 3 is 2.84 bits per heavy atom. The molecule has 1 aromatic carbocycles. The van der Waals surface area contributed by atoms with Crippen molar-refractivity contribution in [2.75, 3.05) is 11.1 Å². The van der Waals surface area contributed by atoms with Gasteiger partial charge in [0.2, 0.25) is 5.91 Å². The first-order chi connectivity index (χ1) is 9.06. The lowest BCUT2D eigenvalue weighted by atomic mass is 10.2. The fraction of sp³-hybridized carbons (Fsp3) is 0.182. The highest BCUT2D eigenvalue weighted by Gasteiger charge is 2.10. The Morgan fingerprint density at radius 2 is 2.21 bits per heavy atom. The molecule has 0 spiro atoms. The van der Waals surface area contributed by atoms with Crippen molar-refractivity contribution >= 4 is 40.5 Å². The molecule has 0 aliphatic heterocycles. The minimum absolute atomic E-state index is 0.216. The van der Waals surface area contributed by atoms with Crippen molar-refractivity contribution in [2.24, 2.45) is 0 Å². The molecule has 0 aliphatic carbocycles. The highest BCUT2D eigenvalue weighted by atomic mass is 35.5. The van der Waals surface area contributed by atoms with E-state index in [0.717, 1.165) is 0 Å². The van der Waals surface area contributed by atoms with E-state index >= 15 is 0 Å². The molecule has 2 aromatic rings. The molecule has 8 heteroatoms. The van der Waals surface area contributed by atoms with E-state index in [1.165, 1.54) is 24.8 Å². The standard InChI is InChI=1S/C11H11Cl2N5O/c12-7-3-8(13)11(9(14)4-7)17-10(19)1-2-18-6-15-5-16-18/h3-6H,1-2,14H2,(H,17,19). The van der Waals surface area contributed by atoms with Crippen LogP contribution in [0, 0.1) is 0 Å². The summed E-state index contributed by atoms with van der Waals surface area (Å²) >= 11 is 11.8. The summed E-state index contributed by atoms with van der Waals surface area (Å²) in [6.45, 7) is 0.428. The summed E-state index contributed by atoms with van der Waals surface area (Å²) in [5.41, 5.74) is 6.45. The minimum Gasteiger partial charge on any atom is -0.397 e. The third-order valence-electron chi connectivity index (χ3n) is 2.38. The van der Waals surface area contributed by atoms with Crippen molar-refractivity contribution in [2.45, 2.75) is 13.0 Å². The Labute approximate surface area is 119 Å². The van der Waals surface area contributed by atoms with Crippen LogP contribution in [-0.2, 0) is 11.3 Å². The van der Waals surface area contributed by atoms with Crippen molar-refractivity contribution in [1.29, 1.82) is 0 Å². The van der Waals surface area contributed by atoms with Gasteiger partial charge in [-0.15, -0.1) is 0 Å². The van der Waals surface area contributed by atoms with Gasteiger partial charge in [-0.25, -0.2) is 4.98 Å². The smallest absolute Gasteiger partial charge is 0.226 e. The van der Waals surface area contributed by atoms with Crippen LogP contribution >= 0.6 is 23.2 Å². The van der Waals surface area contributed by atoms with Gasteiger partial charge >= 0.3 is 0 Å². The van der Waals surface area contributed by atoms with Crippen molar-refractivity contribution in [3.8, 4) is 0 Å². The Bertz CT molecular complexity index is 562. The number of hydrogen-bond acceptors (Lipinski definition) is 4. The number of nitrogens with one attached hydrogen (secondary N) is 1. The maximum atomic E-state index is 11.8. The summed E-state index contributed by atoms with van der Waals surface area (Å²) in [6, 6.07) is 3.05. The quantitative estimate of drug-likeness (QED) is 0.848. The van der Waals surface area contributed by atoms with Crippen LogP contribution in [0.15, 0.2) is 24.8 Å². The summed E-state index contributed by atoms with van der Waals surface area (Å²) < 4.78 is 1.56. The molecular formula is C11H11Cl2N5O. The number of aryl methyl sites for hydroxylation is 1. The molecule has 6 nitrogen and oxygen atoms in total. The second-order valence-corrected chi connectivity index (χ2v) is 4.65. The monoisotopic (exact) mass is 299 g/mol. The Kier molecular flexibility index (Phi) is 4.24. The molecule has 1 amide bonds. The van der Waals surface area contributed by atoms with Crippen molar-refractivity contribution in [1.82, 2.24) is 14.8 Å². The molecule has 1 heterocycles. The molecule has 0 unspecified atom stereocenters. The molecule has 19 heavy (non-hydrogen) atoms. The molecule has 0 aliphatic rings. The number of rotatable bonds is 4. The van der Waals surface area contributed by atoms with Crippen LogP contribution in [-0.4, -0.2) is 20.7 Å². The lowest BCUT2D eigenvalue weighted by Crippen LogP contribution is -2.16. The van der Waals surface area contributed by atoms with Crippen LogP contribution in [0.5, 0.6) is 0 Å². The van der Waals surface area contributed by atoms with Crippen LogP contribution in [0.2, 0.25) is 10.0 Å². The zero-order valence-corrected chi connectivity index (χ0v) is 11.3. The minimum atomic E-state index is -0.216. The number of halogens is 2. The fourth-order valence-electron chi connectivity index (χ4n) is 1.49. The number of amides is 1.